The number of aromatic carboxylic acids is 1. The first-order valence-electron chi connectivity index (χ1n) is 11.8. The molecule has 184 valence electrons. The molecule has 0 spiro atoms. The van der Waals surface area contributed by atoms with E-state index < -0.39 is 5.97 Å². The molecule has 2 aliphatic heterocycles. The van der Waals surface area contributed by atoms with E-state index in [1.165, 1.54) is 16.8 Å². The summed E-state index contributed by atoms with van der Waals surface area (Å²) in [6.07, 6.45) is 2.30. The number of hydrogen-bond acceptors (Lipinski definition) is 6. The van der Waals surface area contributed by atoms with Crippen molar-refractivity contribution in [3.05, 3.63) is 82.6 Å². The first kappa shape index (κ1) is 27.2. The lowest BCUT2D eigenvalue weighted by atomic mass is 10.0. The van der Waals surface area contributed by atoms with Crippen LogP contribution in [-0.4, -0.2) is 60.1 Å². The fourth-order valence-electron chi connectivity index (χ4n) is 4.19. The molecule has 2 N–H and O–H groups in total. The van der Waals surface area contributed by atoms with Crippen LogP contribution in [0, 0.1) is 6.92 Å². The second-order valence-electron chi connectivity index (χ2n) is 8.03. The standard InChI is InChI=1S/C24H29N3O3.C2H6.CH2O/c1-3-30-16-22-15-26(13-18-5-4-6-20(11-18)24(28)29)14-21-12-23(25-27(21)22)19-9-7-17(2)8-10-19;2*1-2/h4-12,22-23,25H,3,13-16H2,1-2H3,(H,28,29);1-2H3;1H2. The van der Waals surface area contributed by atoms with E-state index in [1.807, 2.05) is 39.7 Å². The Morgan fingerprint density at radius 2 is 1.88 bits per heavy atom. The second-order valence-corrected chi connectivity index (χ2v) is 8.03. The normalized spacial score (nSPS) is 19.2. The molecular formula is C27H37N3O4. The number of nitrogens with one attached hydrogen (secondary N) is 1. The monoisotopic (exact) mass is 467 g/mol. The summed E-state index contributed by atoms with van der Waals surface area (Å²) in [6.45, 7) is 13.8. The van der Waals surface area contributed by atoms with Gasteiger partial charge in [-0.3, -0.25) is 4.90 Å². The lowest BCUT2D eigenvalue weighted by molar-refractivity contribution is -0.0980. The minimum atomic E-state index is -0.889. The number of carbonyl (C=O) groups is 2. The number of carbonyl (C=O) groups excluding carboxylic acids is 1. The molecule has 0 amide bonds. The average molecular weight is 468 g/mol. The molecule has 4 rings (SSSR count). The minimum absolute atomic E-state index is 0.153. The summed E-state index contributed by atoms with van der Waals surface area (Å²) >= 11 is 0. The zero-order chi connectivity index (χ0) is 25.1. The van der Waals surface area contributed by atoms with Gasteiger partial charge in [-0.25, -0.2) is 10.2 Å². The maximum absolute atomic E-state index is 11.3. The van der Waals surface area contributed by atoms with Gasteiger partial charge in [0.05, 0.1) is 24.3 Å². The van der Waals surface area contributed by atoms with Crippen molar-refractivity contribution in [3.8, 4) is 0 Å². The van der Waals surface area contributed by atoms with Gasteiger partial charge < -0.3 is 19.6 Å². The number of aryl methyl sites for hydroxylation is 1. The van der Waals surface area contributed by atoms with Crippen LogP contribution in [0.4, 0.5) is 0 Å². The first-order chi connectivity index (χ1) is 16.5. The van der Waals surface area contributed by atoms with Crippen LogP contribution in [0.2, 0.25) is 0 Å². The molecule has 2 aromatic rings. The Kier molecular flexibility index (Phi) is 10.9. The summed E-state index contributed by atoms with van der Waals surface area (Å²) in [5.74, 6) is -0.889. The molecule has 2 unspecified atom stereocenters. The Morgan fingerprint density at radius 1 is 1.18 bits per heavy atom. The van der Waals surface area contributed by atoms with Crippen molar-refractivity contribution in [1.29, 1.82) is 0 Å². The van der Waals surface area contributed by atoms with Crippen molar-refractivity contribution < 1.29 is 19.4 Å². The van der Waals surface area contributed by atoms with Crippen LogP contribution in [0.5, 0.6) is 0 Å². The lowest BCUT2D eigenvalue weighted by Gasteiger charge is -2.42. The van der Waals surface area contributed by atoms with Crippen LogP contribution in [-0.2, 0) is 16.1 Å². The van der Waals surface area contributed by atoms with E-state index in [0.717, 1.165) is 18.7 Å². The molecule has 2 aliphatic rings. The molecule has 0 aliphatic carbocycles. The van der Waals surface area contributed by atoms with Gasteiger partial charge in [0.1, 0.15) is 6.79 Å². The third-order valence-corrected chi connectivity index (χ3v) is 5.70. The highest BCUT2D eigenvalue weighted by molar-refractivity contribution is 5.87. The van der Waals surface area contributed by atoms with E-state index in [-0.39, 0.29) is 12.1 Å². The van der Waals surface area contributed by atoms with Crippen molar-refractivity contribution in [3.63, 3.8) is 0 Å². The van der Waals surface area contributed by atoms with E-state index in [0.29, 0.717) is 25.3 Å². The average Bonchev–Trinajstić information content (AvgIpc) is 3.30. The van der Waals surface area contributed by atoms with Crippen molar-refractivity contribution in [2.24, 2.45) is 0 Å². The molecule has 2 aromatic carbocycles. The summed E-state index contributed by atoms with van der Waals surface area (Å²) in [7, 11) is 0. The summed E-state index contributed by atoms with van der Waals surface area (Å²) in [5.41, 5.74) is 8.74. The van der Waals surface area contributed by atoms with E-state index in [4.69, 9.17) is 9.53 Å². The number of hydrazine groups is 1. The molecule has 0 saturated carbocycles. The highest BCUT2D eigenvalue weighted by Crippen LogP contribution is 2.30. The van der Waals surface area contributed by atoms with Crippen molar-refractivity contribution in [2.45, 2.75) is 46.3 Å². The molecule has 2 atom stereocenters. The SMILES string of the molecule is C=O.CC.CCOCC1CN(Cc2cccc(C(=O)O)c2)CC2=CC(c3ccc(C)cc3)NN21. The van der Waals surface area contributed by atoms with E-state index in [1.54, 1.807) is 12.1 Å². The predicted octanol–water partition coefficient (Wildman–Crippen LogP) is 4.20. The maximum Gasteiger partial charge on any atom is 0.335 e. The Hall–Kier alpha value is -3.00. The molecule has 7 heteroatoms. The van der Waals surface area contributed by atoms with Crippen LogP contribution < -0.4 is 5.43 Å². The van der Waals surface area contributed by atoms with Gasteiger partial charge in [-0.05, 0) is 43.2 Å². The Balaban J connectivity index is 0.000000970. The van der Waals surface area contributed by atoms with Crippen LogP contribution >= 0.6 is 0 Å². The van der Waals surface area contributed by atoms with Gasteiger partial charge >= 0.3 is 5.97 Å². The number of benzene rings is 2. The number of carboxylic acid groups (broad SMARTS) is 1. The smallest absolute Gasteiger partial charge is 0.335 e. The Morgan fingerprint density at radius 3 is 2.53 bits per heavy atom. The van der Waals surface area contributed by atoms with E-state index in [9.17, 15) is 9.90 Å². The number of carboxylic acids is 1. The zero-order valence-electron chi connectivity index (χ0n) is 20.7. The quantitative estimate of drug-likeness (QED) is 0.631. The largest absolute Gasteiger partial charge is 0.478 e. The Bertz CT molecular complexity index is 945. The van der Waals surface area contributed by atoms with E-state index in [2.05, 4.69) is 52.6 Å². The summed E-state index contributed by atoms with van der Waals surface area (Å²) in [4.78, 5) is 21.7. The van der Waals surface area contributed by atoms with Gasteiger partial charge in [0.2, 0.25) is 0 Å². The number of nitrogens with zero attached hydrogens (tertiary/aromatic N) is 2. The highest BCUT2D eigenvalue weighted by atomic mass is 16.5. The molecule has 7 nitrogen and oxygen atoms in total. The second kappa shape index (κ2) is 13.6. The maximum atomic E-state index is 11.3. The molecule has 1 fully saturated rings. The number of fused-ring (bicyclic) bond motifs is 1. The van der Waals surface area contributed by atoms with Crippen molar-refractivity contribution in [1.82, 2.24) is 15.3 Å². The molecule has 2 heterocycles. The van der Waals surface area contributed by atoms with Gasteiger partial charge in [-0.15, -0.1) is 0 Å². The minimum Gasteiger partial charge on any atom is -0.478 e. The summed E-state index contributed by atoms with van der Waals surface area (Å²) < 4.78 is 5.77. The van der Waals surface area contributed by atoms with Gasteiger partial charge in [0, 0.05) is 31.9 Å². The number of ether oxygens (including phenoxy) is 1. The zero-order valence-corrected chi connectivity index (χ0v) is 20.7. The topological polar surface area (TPSA) is 82.1 Å². The van der Waals surface area contributed by atoms with Crippen LogP contribution in [0.1, 0.15) is 53.9 Å². The number of hydrogen-bond donors (Lipinski definition) is 2. The molecule has 0 radical (unpaired) electrons. The van der Waals surface area contributed by atoms with Crippen molar-refractivity contribution in [2.75, 3.05) is 26.3 Å². The van der Waals surface area contributed by atoms with E-state index >= 15 is 0 Å². The summed E-state index contributed by atoms with van der Waals surface area (Å²) in [5, 5.41) is 11.5. The molecule has 0 aromatic heterocycles. The summed E-state index contributed by atoms with van der Waals surface area (Å²) in [6, 6.07) is 16.2. The van der Waals surface area contributed by atoms with Crippen molar-refractivity contribution >= 4 is 12.8 Å². The number of piperazine rings is 1. The first-order valence-corrected chi connectivity index (χ1v) is 11.8. The highest BCUT2D eigenvalue weighted by Gasteiger charge is 2.35. The van der Waals surface area contributed by atoms with Gasteiger partial charge in [0.15, 0.2) is 0 Å². The van der Waals surface area contributed by atoms with Crippen LogP contribution in [0.3, 0.4) is 0 Å². The predicted molar refractivity (Wildman–Crippen MR) is 134 cm³/mol. The molecule has 0 bridgehead atoms. The molecule has 1 saturated heterocycles. The molecular weight excluding hydrogens is 430 g/mol. The fraction of sp³-hybridized carbons (Fsp3) is 0.407. The van der Waals surface area contributed by atoms with Gasteiger partial charge in [-0.1, -0.05) is 55.8 Å². The van der Waals surface area contributed by atoms with Gasteiger partial charge in [-0.2, -0.15) is 0 Å². The van der Waals surface area contributed by atoms with Crippen LogP contribution in [0.15, 0.2) is 60.3 Å². The Labute approximate surface area is 203 Å². The van der Waals surface area contributed by atoms with Gasteiger partial charge in [0.25, 0.3) is 0 Å². The number of rotatable bonds is 7. The third-order valence-electron chi connectivity index (χ3n) is 5.70. The molecule has 34 heavy (non-hydrogen) atoms. The van der Waals surface area contributed by atoms with Crippen LogP contribution in [0.25, 0.3) is 0 Å². The lowest BCUT2D eigenvalue weighted by Crippen LogP contribution is -2.55. The third kappa shape index (κ3) is 7.00. The fourth-order valence-corrected chi connectivity index (χ4v) is 4.19.